The van der Waals surface area contributed by atoms with E-state index in [1.807, 2.05) is 31.2 Å². The number of benzene rings is 2. The van der Waals surface area contributed by atoms with Crippen LogP contribution in [0.5, 0.6) is 0 Å². The van der Waals surface area contributed by atoms with Gasteiger partial charge in [-0.05, 0) is 36.8 Å². The lowest BCUT2D eigenvalue weighted by atomic mass is 10.2. The largest absolute Gasteiger partial charge is 0.411 e. The van der Waals surface area contributed by atoms with E-state index in [1.165, 1.54) is 11.8 Å². The van der Waals surface area contributed by atoms with E-state index < -0.39 is 0 Å². The van der Waals surface area contributed by atoms with Gasteiger partial charge < -0.3 is 9.73 Å². The van der Waals surface area contributed by atoms with Crippen molar-refractivity contribution in [3.8, 4) is 11.5 Å². The molecule has 0 saturated heterocycles. The van der Waals surface area contributed by atoms with Crippen LogP contribution in [0.25, 0.3) is 11.5 Å². The van der Waals surface area contributed by atoms with Crippen molar-refractivity contribution in [3.05, 3.63) is 58.1 Å². The van der Waals surface area contributed by atoms with Gasteiger partial charge in [0.1, 0.15) is 0 Å². The SMILES string of the molecule is Cc1ccccc1NC(=O)CCSc1nnc(-c2ccc(Cl)cc2Cl)o1. The van der Waals surface area contributed by atoms with Crippen LogP contribution in [0, 0.1) is 6.92 Å². The van der Waals surface area contributed by atoms with Crippen molar-refractivity contribution < 1.29 is 9.21 Å². The molecule has 0 atom stereocenters. The van der Waals surface area contributed by atoms with Crippen molar-refractivity contribution in [3.63, 3.8) is 0 Å². The molecule has 2 aromatic carbocycles. The number of aryl methyl sites for hydroxylation is 1. The number of halogens is 2. The number of hydrogen-bond donors (Lipinski definition) is 1. The van der Waals surface area contributed by atoms with Crippen molar-refractivity contribution in [1.82, 2.24) is 10.2 Å². The van der Waals surface area contributed by atoms with Gasteiger partial charge in [0.2, 0.25) is 11.8 Å². The number of nitrogens with one attached hydrogen (secondary N) is 1. The van der Waals surface area contributed by atoms with Gasteiger partial charge in [0.25, 0.3) is 5.22 Å². The third kappa shape index (κ3) is 4.78. The number of thioether (sulfide) groups is 1. The van der Waals surface area contributed by atoms with Gasteiger partial charge in [-0.25, -0.2) is 0 Å². The molecule has 0 aliphatic carbocycles. The first-order valence-corrected chi connectivity index (χ1v) is 9.54. The fraction of sp³-hybridized carbons (Fsp3) is 0.167. The first-order valence-electron chi connectivity index (χ1n) is 7.80. The van der Waals surface area contributed by atoms with Crippen molar-refractivity contribution >= 4 is 46.6 Å². The zero-order valence-corrected chi connectivity index (χ0v) is 16.2. The lowest BCUT2D eigenvalue weighted by molar-refractivity contribution is -0.115. The number of para-hydroxylation sites is 1. The quantitative estimate of drug-likeness (QED) is 0.548. The topological polar surface area (TPSA) is 68.0 Å². The summed E-state index contributed by atoms with van der Waals surface area (Å²) >= 11 is 13.3. The molecule has 0 aliphatic rings. The van der Waals surface area contributed by atoms with E-state index in [4.69, 9.17) is 27.6 Å². The predicted molar refractivity (Wildman–Crippen MR) is 105 cm³/mol. The summed E-state index contributed by atoms with van der Waals surface area (Å²) in [5.41, 5.74) is 2.46. The molecule has 0 spiro atoms. The van der Waals surface area contributed by atoms with Gasteiger partial charge in [0.15, 0.2) is 0 Å². The summed E-state index contributed by atoms with van der Waals surface area (Å²) in [6.45, 7) is 1.95. The third-order valence-electron chi connectivity index (χ3n) is 3.54. The Bertz CT molecular complexity index is 930. The van der Waals surface area contributed by atoms with E-state index in [-0.39, 0.29) is 5.91 Å². The van der Waals surface area contributed by atoms with Crippen molar-refractivity contribution in [2.24, 2.45) is 0 Å². The molecule has 3 aromatic rings. The molecule has 1 amide bonds. The van der Waals surface area contributed by atoms with Crippen LogP contribution in [0.1, 0.15) is 12.0 Å². The Hall–Kier alpha value is -2.02. The first kappa shape index (κ1) is 18.8. The average Bonchev–Trinajstić information content (AvgIpc) is 3.05. The molecule has 0 aliphatic heterocycles. The number of aromatic nitrogens is 2. The Labute approximate surface area is 165 Å². The van der Waals surface area contributed by atoms with Crippen LogP contribution >= 0.6 is 35.0 Å². The normalized spacial score (nSPS) is 10.7. The summed E-state index contributed by atoms with van der Waals surface area (Å²) in [5, 5.41) is 12.2. The highest BCUT2D eigenvalue weighted by atomic mass is 35.5. The minimum Gasteiger partial charge on any atom is -0.411 e. The minimum absolute atomic E-state index is 0.0627. The Kier molecular flexibility index (Phi) is 6.19. The fourth-order valence-corrected chi connectivity index (χ4v) is 3.38. The molecule has 8 heteroatoms. The summed E-state index contributed by atoms with van der Waals surface area (Å²) in [5.74, 6) is 0.777. The standard InChI is InChI=1S/C18H15Cl2N3O2S/c1-11-4-2-3-5-15(11)21-16(24)8-9-26-18-23-22-17(25-18)13-7-6-12(19)10-14(13)20/h2-7,10H,8-9H2,1H3,(H,21,24). The molecule has 0 radical (unpaired) electrons. The van der Waals surface area contributed by atoms with Gasteiger partial charge in [-0.1, -0.05) is 53.2 Å². The Morgan fingerprint density at radius 1 is 1.19 bits per heavy atom. The van der Waals surface area contributed by atoms with Gasteiger partial charge in [-0.2, -0.15) is 0 Å². The molecule has 0 saturated carbocycles. The molecule has 0 fully saturated rings. The average molecular weight is 408 g/mol. The molecule has 26 heavy (non-hydrogen) atoms. The Morgan fingerprint density at radius 2 is 2.00 bits per heavy atom. The molecule has 0 bridgehead atoms. The Morgan fingerprint density at radius 3 is 2.77 bits per heavy atom. The van der Waals surface area contributed by atoms with Crippen molar-refractivity contribution in [2.45, 2.75) is 18.6 Å². The van der Waals surface area contributed by atoms with Crippen LogP contribution < -0.4 is 5.32 Å². The van der Waals surface area contributed by atoms with E-state index in [9.17, 15) is 4.79 Å². The number of hydrogen-bond acceptors (Lipinski definition) is 5. The zero-order valence-electron chi connectivity index (χ0n) is 13.8. The molecule has 134 valence electrons. The lowest BCUT2D eigenvalue weighted by Crippen LogP contribution is -2.12. The molecular weight excluding hydrogens is 393 g/mol. The van der Waals surface area contributed by atoms with Crippen LogP contribution in [0.3, 0.4) is 0 Å². The zero-order chi connectivity index (χ0) is 18.5. The van der Waals surface area contributed by atoms with Crippen LogP contribution in [-0.4, -0.2) is 21.9 Å². The fourth-order valence-electron chi connectivity index (χ4n) is 2.20. The third-order valence-corrected chi connectivity index (χ3v) is 4.91. The summed E-state index contributed by atoms with van der Waals surface area (Å²) < 4.78 is 5.59. The summed E-state index contributed by atoms with van der Waals surface area (Å²) in [4.78, 5) is 12.0. The van der Waals surface area contributed by atoms with Crippen LogP contribution in [0.15, 0.2) is 52.1 Å². The number of amides is 1. The van der Waals surface area contributed by atoms with Crippen molar-refractivity contribution in [2.75, 3.05) is 11.1 Å². The van der Waals surface area contributed by atoms with E-state index in [1.54, 1.807) is 18.2 Å². The second kappa shape index (κ2) is 8.58. The minimum atomic E-state index is -0.0627. The molecule has 3 rings (SSSR count). The first-order chi connectivity index (χ1) is 12.5. The molecule has 1 aromatic heterocycles. The molecular formula is C18H15Cl2N3O2S. The highest BCUT2D eigenvalue weighted by Crippen LogP contribution is 2.31. The maximum atomic E-state index is 12.0. The van der Waals surface area contributed by atoms with Gasteiger partial charge >= 0.3 is 0 Å². The maximum Gasteiger partial charge on any atom is 0.276 e. The number of rotatable bonds is 6. The predicted octanol–water partition coefficient (Wildman–Crippen LogP) is 5.47. The summed E-state index contributed by atoms with van der Waals surface area (Å²) in [7, 11) is 0. The van der Waals surface area contributed by atoms with E-state index >= 15 is 0 Å². The number of carbonyl (C=O) groups excluding carboxylic acids is 1. The van der Waals surface area contributed by atoms with Gasteiger partial charge in [0, 0.05) is 22.9 Å². The second-order valence-corrected chi connectivity index (χ2v) is 7.35. The molecule has 1 heterocycles. The Balaban J connectivity index is 1.53. The lowest BCUT2D eigenvalue weighted by Gasteiger charge is -2.07. The molecule has 0 unspecified atom stereocenters. The number of nitrogens with zero attached hydrogens (tertiary/aromatic N) is 2. The smallest absolute Gasteiger partial charge is 0.276 e. The maximum absolute atomic E-state index is 12.0. The van der Waals surface area contributed by atoms with E-state index in [2.05, 4.69) is 15.5 Å². The molecule has 1 N–H and O–H groups in total. The van der Waals surface area contributed by atoms with E-state index in [0.29, 0.717) is 38.9 Å². The van der Waals surface area contributed by atoms with Gasteiger partial charge in [0.05, 0.1) is 10.6 Å². The monoisotopic (exact) mass is 407 g/mol. The van der Waals surface area contributed by atoms with Gasteiger partial charge in [-0.3, -0.25) is 4.79 Å². The summed E-state index contributed by atoms with van der Waals surface area (Å²) in [6.07, 6.45) is 0.332. The van der Waals surface area contributed by atoms with Crippen LogP contribution in [0.4, 0.5) is 5.69 Å². The van der Waals surface area contributed by atoms with Crippen LogP contribution in [0.2, 0.25) is 10.0 Å². The summed E-state index contributed by atoms with van der Waals surface area (Å²) in [6, 6.07) is 12.7. The number of carbonyl (C=O) groups is 1. The highest BCUT2D eigenvalue weighted by Gasteiger charge is 2.13. The second-order valence-electron chi connectivity index (χ2n) is 5.46. The van der Waals surface area contributed by atoms with Crippen LogP contribution in [-0.2, 0) is 4.79 Å². The molecule has 5 nitrogen and oxygen atoms in total. The highest BCUT2D eigenvalue weighted by molar-refractivity contribution is 7.99. The van der Waals surface area contributed by atoms with Gasteiger partial charge in [-0.15, -0.1) is 10.2 Å². The number of anilines is 1. The van der Waals surface area contributed by atoms with Crippen molar-refractivity contribution in [1.29, 1.82) is 0 Å². The van der Waals surface area contributed by atoms with E-state index in [0.717, 1.165) is 11.3 Å².